The largest absolute Gasteiger partial charge is 0.491 e. The molecule has 138 valence electrons. The highest BCUT2D eigenvalue weighted by Crippen LogP contribution is 2.30. The summed E-state index contributed by atoms with van der Waals surface area (Å²) < 4.78 is 10.7. The molecule has 26 heavy (non-hydrogen) atoms. The van der Waals surface area contributed by atoms with E-state index in [1.807, 2.05) is 13.8 Å². The predicted octanol–water partition coefficient (Wildman–Crippen LogP) is 4.96. The molecule has 0 heterocycles. The Morgan fingerprint density at radius 2 is 1.54 bits per heavy atom. The van der Waals surface area contributed by atoms with Crippen LogP contribution >= 0.6 is 23.2 Å². The minimum atomic E-state index is -1.03. The van der Waals surface area contributed by atoms with Gasteiger partial charge in [-0.1, -0.05) is 29.3 Å². The van der Waals surface area contributed by atoms with Gasteiger partial charge in [-0.2, -0.15) is 0 Å². The summed E-state index contributed by atoms with van der Waals surface area (Å²) in [5.41, 5.74) is 0.593. The highest BCUT2D eigenvalue weighted by molar-refractivity contribution is 6.39. The third kappa shape index (κ3) is 5.38. The van der Waals surface area contributed by atoms with E-state index in [1.165, 1.54) is 6.92 Å². The van der Waals surface area contributed by atoms with Crippen LogP contribution in [0.25, 0.3) is 0 Å². The fourth-order valence-electron chi connectivity index (χ4n) is 2.07. The van der Waals surface area contributed by atoms with Gasteiger partial charge in [-0.05, 0) is 57.2 Å². The fraction of sp³-hybridized carbons (Fsp3) is 0.263. The number of anilines is 1. The first kappa shape index (κ1) is 20.1. The zero-order chi connectivity index (χ0) is 19.3. The van der Waals surface area contributed by atoms with Crippen molar-refractivity contribution < 1.29 is 19.1 Å². The summed E-state index contributed by atoms with van der Waals surface area (Å²) in [6.45, 7) is 5.29. The normalized spacial score (nSPS) is 11.8. The molecular formula is C19H19Cl2NO4. The van der Waals surface area contributed by atoms with Gasteiger partial charge in [-0.15, -0.1) is 0 Å². The van der Waals surface area contributed by atoms with Crippen LogP contribution in [0.3, 0.4) is 0 Å². The topological polar surface area (TPSA) is 64.6 Å². The number of hydrogen-bond acceptors (Lipinski definition) is 4. The third-order valence-electron chi connectivity index (χ3n) is 3.33. The smallest absolute Gasteiger partial charge is 0.338 e. The lowest BCUT2D eigenvalue weighted by atomic mass is 10.2. The SMILES string of the molecule is CC(C)Oc1ccc(C(=O)O[C@@H](C)C(=O)Nc2c(Cl)cccc2Cl)cc1. The van der Waals surface area contributed by atoms with Crippen LogP contribution in [0.5, 0.6) is 5.75 Å². The summed E-state index contributed by atoms with van der Waals surface area (Å²) in [6, 6.07) is 11.4. The van der Waals surface area contributed by atoms with E-state index in [2.05, 4.69) is 5.32 Å². The Kier molecular flexibility index (Phi) is 6.89. The Morgan fingerprint density at radius 1 is 0.962 bits per heavy atom. The maximum absolute atomic E-state index is 12.2. The van der Waals surface area contributed by atoms with Gasteiger partial charge in [0.25, 0.3) is 5.91 Å². The van der Waals surface area contributed by atoms with Crippen LogP contribution in [-0.2, 0) is 9.53 Å². The minimum Gasteiger partial charge on any atom is -0.491 e. The van der Waals surface area contributed by atoms with Crippen LogP contribution < -0.4 is 10.1 Å². The molecule has 0 unspecified atom stereocenters. The van der Waals surface area contributed by atoms with Gasteiger partial charge in [0.15, 0.2) is 6.10 Å². The first-order valence-electron chi connectivity index (χ1n) is 8.00. The van der Waals surface area contributed by atoms with Crippen molar-refractivity contribution >= 4 is 40.8 Å². The number of carbonyl (C=O) groups is 2. The van der Waals surface area contributed by atoms with E-state index >= 15 is 0 Å². The molecule has 5 nitrogen and oxygen atoms in total. The highest BCUT2D eigenvalue weighted by Gasteiger charge is 2.20. The van der Waals surface area contributed by atoms with Crippen molar-refractivity contribution in [2.24, 2.45) is 0 Å². The van der Waals surface area contributed by atoms with E-state index in [-0.39, 0.29) is 11.8 Å². The van der Waals surface area contributed by atoms with Crippen molar-refractivity contribution in [2.75, 3.05) is 5.32 Å². The number of esters is 1. The van der Waals surface area contributed by atoms with Gasteiger partial charge < -0.3 is 14.8 Å². The van der Waals surface area contributed by atoms with Crippen molar-refractivity contribution in [2.45, 2.75) is 33.0 Å². The monoisotopic (exact) mass is 395 g/mol. The maximum atomic E-state index is 12.2. The number of nitrogens with one attached hydrogen (secondary N) is 1. The number of benzene rings is 2. The lowest BCUT2D eigenvalue weighted by molar-refractivity contribution is -0.123. The fourth-order valence-corrected chi connectivity index (χ4v) is 2.56. The van der Waals surface area contributed by atoms with E-state index in [1.54, 1.807) is 42.5 Å². The molecule has 1 amide bonds. The van der Waals surface area contributed by atoms with Crippen molar-refractivity contribution in [1.29, 1.82) is 0 Å². The number of amides is 1. The molecule has 7 heteroatoms. The van der Waals surface area contributed by atoms with Crippen LogP contribution in [-0.4, -0.2) is 24.1 Å². The van der Waals surface area contributed by atoms with E-state index in [0.29, 0.717) is 21.4 Å². The Hall–Kier alpha value is -2.24. The summed E-state index contributed by atoms with van der Waals surface area (Å²) in [7, 11) is 0. The standard InChI is InChI=1S/C19H19Cl2NO4/c1-11(2)25-14-9-7-13(8-10-14)19(24)26-12(3)18(23)22-17-15(20)5-4-6-16(17)21/h4-12H,1-3H3,(H,22,23)/t12-/m0/s1. The lowest BCUT2D eigenvalue weighted by Gasteiger charge is -2.15. The molecule has 0 spiro atoms. The van der Waals surface area contributed by atoms with E-state index in [0.717, 1.165) is 0 Å². The van der Waals surface area contributed by atoms with E-state index < -0.39 is 18.0 Å². The van der Waals surface area contributed by atoms with Crippen molar-refractivity contribution in [1.82, 2.24) is 0 Å². The molecule has 0 radical (unpaired) electrons. The molecule has 0 aliphatic rings. The molecule has 0 aliphatic carbocycles. The minimum absolute atomic E-state index is 0.0353. The second kappa shape index (κ2) is 8.92. The van der Waals surface area contributed by atoms with Gasteiger partial charge in [0.1, 0.15) is 5.75 Å². The van der Waals surface area contributed by atoms with Crippen LogP contribution in [0.2, 0.25) is 10.0 Å². The predicted molar refractivity (Wildman–Crippen MR) is 102 cm³/mol. The van der Waals surface area contributed by atoms with Gasteiger partial charge in [0, 0.05) is 0 Å². The molecule has 1 N–H and O–H groups in total. The van der Waals surface area contributed by atoms with Crippen LogP contribution in [0, 0.1) is 0 Å². The molecule has 0 fully saturated rings. The quantitative estimate of drug-likeness (QED) is 0.701. The molecule has 2 aromatic carbocycles. The van der Waals surface area contributed by atoms with Crippen molar-refractivity contribution in [3.63, 3.8) is 0 Å². The number of rotatable bonds is 6. The Morgan fingerprint density at radius 3 is 2.08 bits per heavy atom. The molecule has 0 saturated heterocycles. The van der Waals surface area contributed by atoms with Crippen molar-refractivity contribution in [3.8, 4) is 5.75 Å². The second-order valence-corrected chi connectivity index (χ2v) is 6.64. The van der Waals surface area contributed by atoms with Crippen LogP contribution in [0.15, 0.2) is 42.5 Å². The number of para-hydroxylation sites is 1. The first-order valence-corrected chi connectivity index (χ1v) is 8.76. The average molecular weight is 396 g/mol. The maximum Gasteiger partial charge on any atom is 0.338 e. The first-order chi connectivity index (χ1) is 12.3. The van der Waals surface area contributed by atoms with Gasteiger partial charge in [0.05, 0.1) is 27.4 Å². The molecule has 0 aromatic heterocycles. The number of hydrogen-bond donors (Lipinski definition) is 1. The highest BCUT2D eigenvalue weighted by atomic mass is 35.5. The molecule has 2 aromatic rings. The van der Waals surface area contributed by atoms with Crippen LogP contribution in [0.4, 0.5) is 5.69 Å². The summed E-state index contributed by atoms with van der Waals surface area (Å²) >= 11 is 12.0. The summed E-state index contributed by atoms with van der Waals surface area (Å²) in [4.78, 5) is 24.4. The van der Waals surface area contributed by atoms with Gasteiger partial charge in [-0.25, -0.2) is 4.79 Å². The van der Waals surface area contributed by atoms with Gasteiger partial charge in [0.2, 0.25) is 0 Å². The lowest BCUT2D eigenvalue weighted by Crippen LogP contribution is -2.30. The van der Waals surface area contributed by atoms with Crippen molar-refractivity contribution in [3.05, 3.63) is 58.1 Å². The average Bonchev–Trinajstić information content (AvgIpc) is 2.58. The van der Waals surface area contributed by atoms with E-state index in [9.17, 15) is 9.59 Å². The number of carbonyl (C=O) groups excluding carboxylic acids is 2. The zero-order valence-electron chi connectivity index (χ0n) is 14.6. The Balaban J connectivity index is 1.98. The second-order valence-electron chi connectivity index (χ2n) is 5.82. The molecule has 0 aliphatic heterocycles. The summed E-state index contributed by atoms with van der Waals surface area (Å²) in [5.74, 6) is -0.502. The van der Waals surface area contributed by atoms with E-state index in [4.69, 9.17) is 32.7 Å². The Bertz CT molecular complexity index is 770. The Labute approximate surface area is 162 Å². The van der Waals surface area contributed by atoms with Gasteiger partial charge >= 0.3 is 5.97 Å². The number of halogens is 2. The molecule has 1 atom stereocenters. The molecular weight excluding hydrogens is 377 g/mol. The molecule has 0 saturated carbocycles. The summed E-state index contributed by atoms with van der Waals surface area (Å²) in [6.07, 6.45) is -0.991. The van der Waals surface area contributed by atoms with Gasteiger partial charge in [-0.3, -0.25) is 4.79 Å². The molecule has 2 rings (SSSR count). The molecule has 0 bridgehead atoms. The van der Waals surface area contributed by atoms with Crippen LogP contribution in [0.1, 0.15) is 31.1 Å². The summed E-state index contributed by atoms with van der Waals surface area (Å²) in [5, 5.41) is 3.16. The number of ether oxygens (including phenoxy) is 2. The third-order valence-corrected chi connectivity index (χ3v) is 3.96. The zero-order valence-corrected chi connectivity index (χ0v) is 16.1.